The number of halogens is 2. The van der Waals surface area contributed by atoms with Crippen LogP contribution in [-0.2, 0) is 11.3 Å². The molecule has 0 fully saturated rings. The molecule has 3 atom stereocenters. The molecule has 2 aliphatic rings. The fraction of sp³-hybridized carbons (Fsp3) is 0.344. The number of aryl methyl sites for hydroxylation is 1. The third-order valence-electron chi connectivity index (χ3n) is 7.07. The van der Waals surface area contributed by atoms with E-state index in [4.69, 9.17) is 4.99 Å². The Bertz CT molecular complexity index is 1530. The Kier molecular flexibility index (Phi) is 12.3. The molecule has 3 unspecified atom stereocenters. The quantitative estimate of drug-likeness (QED) is 0.163. The second-order valence-electron chi connectivity index (χ2n) is 10.5. The van der Waals surface area contributed by atoms with Gasteiger partial charge in [-0.1, -0.05) is 18.6 Å². The van der Waals surface area contributed by atoms with Crippen molar-refractivity contribution < 1.29 is 18.4 Å². The number of aliphatic imine (C=N–C) groups is 2. The van der Waals surface area contributed by atoms with E-state index in [2.05, 4.69) is 24.9 Å². The van der Waals surface area contributed by atoms with E-state index in [1.54, 1.807) is 38.4 Å². The molecule has 0 aromatic heterocycles. The number of allylic oxidation sites excluding steroid dienone is 6. The fourth-order valence-corrected chi connectivity index (χ4v) is 4.81. The molecule has 3 amide bonds. The number of rotatable bonds is 9. The molecule has 0 saturated heterocycles. The summed E-state index contributed by atoms with van der Waals surface area (Å²) in [6.45, 7) is 7.97. The summed E-state index contributed by atoms with van der Waals surface area (Å²) in [7, 11) is 3.73. The second-order valence-corrected chi connectivity index (χ2v) is 11.2. The highest BCUT2D eigenvalue weighted by Gasteiger charge is 2.21. The van der Waals surface area contributed by atoms with E-state index in [1.165, 1.54) is 21.9 Å². The predicted molar refractivity (Wildman–Crippen MR) is 173 cm³/mol. The molecule has 9 nitrogen and oxygen atoms in total. The molecule has 2 N–H and O–H groups in total. The minimum absolute atomic E-state index is 0.0781. The zero-order valence-corrected chi connectivity index (χ0v) is 26.7. The molecule has 0 spiro atoms. The van der Waals surface area contributed by atoms with Gasteiger partial charge in [-0.25, -0.2) is 13.6 Å². The highest BCUT2D eigenvalue weighted by Crippen LogP contribution is 2.21. The molecule has 0 radical (unpaired) electrons. The maximum absolute atomic E-state index is 14.2. The van der Waals surface area contributed by atoms with Crippen molar-refractivity contribution in [3.8, 4) is 6.07 Å². The molecular weight excluding hydrogens is 583 g/mol. The zero-order chi connectivity index (χ0) is 32.4. The monoisotopic (exact) mass is 621 g/mol. The topological polar surface area (TPSA) is 113 Å². The Morgan fingerprint density at radius 3 is 2.66 bits per heavy atom. The SMILES string of the molecule is C/C=C1/C=C(N/C(=N/C(=O)N(C)C2=CNCC(C)=C2)N(C=O)Cc2cc(C#N)c(F)cc2C)C=C/C1=N/C(CC)CC(F)P. The number of amides is 3. The Balaban J connectivity index is 2.00. The molecule has 44 heavy (non-hydrogen) atoms. The molecular formula is C32H38F2N7O2P. The van der Waals surface area contributed by atoms with Gasteiger partial charge >= 0.3 is 6.03 Å². The lowest BCUT2D eigenvalue weighted by atomic mass is 10.0. The van der Waals surface area contributed by atoms with E-state index in [9.17, 15) is 23.6 Å². The summed E-state index contributed by atoms with van der Waals surface area (Å²) < 4.78 is 27.8. The fourth-order valence-electron chi connectivity index (χ4n) is 4.49. The maximum atomic E-state index is 14.2. The molecule has 1 aromatic carbocycles. The van der Waals surface area contributed by atoms with Crippen LogP contribution in [0.1, 0.15) is 50.3 Å². The van der Waals surface area contributed by atoms with Gasteiger partial charge in [-0.15, -0.1) is 9.24 Å². The number of alkyl halides is 1. The number of hydrogen-bond donors (Lipinski definition) is 2. The number of guanidine groups is 1. The lowest BCUT2D eigenvalue weighted by Gasteiger charge is -2.25. The van der Waals surface area contributed by atoms with Crippen molar-refractivity contribution in [2.45, 2.75) is 59.0 Å². The van der Waals surface area contributed by atoms with Gasteiger partial charge in [0.05, 0.1) is 29.6 Å². The van der Waals surface area contributed by atoms with Crippen LogP contribution in [0.4, 0.5) is 13.6 Å². The largest absolute Gasteiger partial charge is 0.385 e. The van der Waals surface area contributed by atoms with Gasteiger partial charge in [0.1, 0.15) is 17.8 Å². The van der Waals surface area contributed by atoms with Gasteiger partial charge in [-0.3, -0.25) is 19.6 Å². The van der Waals surface area contributed by atoms with Crippen LogP contribution in [0.15, 0.2) is 81.2 Å². The molecule has 0 bridgehead atoms. The number of hydrogen-bond acceptors (Lipinski definition) is 5. The van der Waals surface area contributed by atoms with Crippen LogP contribution < -0.4 is 10.6 Å². The van der Waals surface area contributed by atoms with Gasteiger partial charge in [0, 0.05) is 31.9 Å². The van der Waals surface area contributed by atoms with Gasteiger partial charge in [0.2, 0.25) is 12.4 Å². The molecule has 232 valence electrons. The highest BCUT2D eigenvalue weighted by atomic mass is 31.0. The summed E-state index contributed by atoms with van der Waals surface area (Å²) in [6.07, 6.45) is 12.2. The van der Waals surface area contributed by atoms with E-state index in [1.807, 2.05) is 39.0 Å². The van der Waals surface area contributed by atoms with Crippen molar-refractivity contribution in [2.24, 2.45) is 9.98 Å². The first-order valence-corrected chi connectivity index (χ1v) is 14.8. The minimum Gasteiger partial charge on any atom is -0.385 e. The number of nitrogens with one attached hydrogen (secondary N) is 2. The van der Waals surface area contributed by atoms with Crippen LogP contribution in [0.25, 0.3) is 0 Å². The third kappa shape index (κ3) is 9.04. The van der Waals surface area contributed by atoms with Crippen LogP contribution in [0.2, 0.25) is 0 Å². The lowest BCUT2D eigenvalue weighted by Crippen LogP contribution is -2.41. The van der Waals surface area contributed by atoms with Crippen molar-refractivity contribution >= 4 is 33.4 Å². The number of nitriles is 1. The smallest absolute Gasteiger partial charge is 0.351 e. The maximum Gasteiger partial charge on any atom is 0.351 e. The Labute approximate surface area is 259 Å². The molecule has 0 saturated carbocycles. The van der Waals surface area contributed by atoms with Gasteiger partial charge in [-0.2, -0.15) is 10.3 Å². The summed E-state index contributed by atoms with van der Waals surface area (Å²) >= 11 is 0. The summed E-state index contributed by atoms with van der Waals surface area (Å²) in [5.41, 5.74) is 4.45. The van der Waals surface area contributed by atoms with Crippen LogP contribution in [0.3, 0.4) is 0 Å². The molecule has 1 aliphatic heterocycles. The Morgan fingerprint density at radius 1 is 1.30 bits per heavy atom. The molecule has 1 heterocycles. The van der Waals surface area contributed by atoms with Crippen molar-refractivity contribution in [1.29, 1.82) is 5.26 Å². The van der Waals surface area contributed by atoms with E-state index in [0.717, 1.165) is 11.1 Å². The lowest BCUT2D eigenvalue weighted by molar-refractivity contribution is -0.115. The summed E-state index contributed by atoms with van der Waals surface area (Å²) in [5.74, 6) is -1.80. The second kappa shape index (κ2) is 15.9. The molecule has 12 heteroatoms. The van der Waals surface area contributed by atoms with Crippen LogP contribution >= 0.6 is 9.24 Å². The summed E-state index contributed by atoms with van der Waals surface area (Å²) in [4.78, 5) is 37.3. The van der Waals surface area contributed by atoms with Crippen LogP contribution in [0, 0.1) is 24.1 Å². The first-order chi connectivity index (χ1) is 21.0. The van der Waals surface area contributed by atoms with Crippen molar-refractivity contribution in [2.75, 3.05) is 13.6 Å². The number of carbonyl (C=O) groups excluding carboxylic acids is 2. The first kappa shape index (κ1) is 34.1. The Morgan fingerprint density at radius 2 is 2.05 bits per heavy atom. The normalized spacial score (nSPS) is 18.0. The number of urea groups is 1. The Hall–Kier alpha value is -4.42. The average molecular weight is 622 g/mol. The minimum atomic E-state index is -1.06. The van der Waals surface area contributed by atoms with Crippen molar-refractivity contribution in [3.05, 3.63) is 93.8 Å². The summed E-state index contributed by atoms with van der Waals surface area (Å²) in [6, 6.07) is 3.57. The van der Waals surface area contributed by atoms with Crippen LogP contribution in [0.5, 0.6) is 0 Å². The van der Waals surface area contributed by atoms with E-state index >= 15 is 0 Å². The number of carbonyl (C=O) groups is 2. The highest BCUT2D eigenvalue weighted by molar-refractivity contribution is 7.17. The number of nitrogens with zero attached hydrogens (tertiary/aromatic N) is 5. The zero-order valence-electron chi connectivity index (χ0n) is 25.6. The number of likely N-dealkylation sites (N-methyl/N-ethyl adjacent to an activating group) is 1. The van der Waals surface area contributed by atoms with Crippen molar-refractivity contribution in [3.63, 3.8) is 0 Å². The molecule has 1 aromatic rings. The first-order valence-electron chi connectivity index (χ1n) is 14.2. The van der Waals surface area contributed by atoms with E-state index < -0.39 is 17.8 Å². The van der Waals surface area contributed by atoms with Gasteiger partial charge in [-0.05, 0) is 80.3 Å². The van der Waals surface area contributed by atoms with Gasteiger partial charge in [0.15, 0.2) is 0 Å². The van der Waals surface area contributed by atoms with E-state index in [-0.39, 0.29) is 30.5 Å². The number of dihydropyridines is 1. The van der Waals surface area contributed by atoms with Crippen LogP contribution in [-0.4, -0.2) is 59.5 Å². The standard InChI is InChI=1S/C32H38F2N7O2P/c1-6-22-13-26(8-9-29(22)37-25(7-2)14-30(34)44)38-31(39-32(43)40(5)27-10-20(3)16-36-17-27)41(19-42)18-24-12-23(15-35)28(33)11-21(24)4/h6,8-13,17,19,25,30,36H,7,14,16,18,44H2,1-5H3,(H,38,39,43)/b22-6-,37-29-. The van der Waals surface area contributed by atoms with Crippen molar-refractivity contribution in [1.82, 2.24) is 20.4 Å². The average Bonchev–Trinajstić information content (AvgIpc) is 3.00. The van der Waals surface area contributed by atoms with Gasteiger partial charge < -0.3 is 10.6 Å². The predicted octanol–water partition coefficient (Wildman–Crippen LogP) is 5.53. The molecule has 3 rings (SSSR count). The summed E-state index contributed by atoms with van der Waals surface area (Å²) in [5, 5.41) is 15.5. The molecule has 1 aliphatic carbocycles. The number of benzene rings is 1. The van der Waals surface area contributed by atoms with E-state index in [0.29, 0.717) is 47.6 Å². The van der Waals surface area contributed by atoms with Gasteiger partial charge in [0.25, 0.3) is 0 Å². The third-order valence-corrected chi connectivity index (χ3v) is 7.34.